The number of H-pyrrole nitrogens is 1. The minimum absolute atomic E-state index is 0.0405. The largest absolute Gasteiger partial charge is 0.326 e. The first-order valence-electron chi connectivity index (χ1n) is 10.4. The quantitative estimate of drug-likeness (QED) is 0.558. The molecule has 0 unspecified atom stereocenters. The van der Waals surface area contributed by atoms with Crippen LogP contribution in [0.1, 0.15) is 49.6 Å². The number of pyridine rings is 1. The molecule has 1 heterocycles. The Labute approximate surface area is 172 Å². The average Bonchev–Trinajstić information content (AvgIpc) is 2.70. The molecule has 0 aliphatic heterocycles. The van der Waals surface area contributed by atoms with E-state index in [1.807, 2.05) is 18.4 Å². The van der Waals surface area contributed by atoms with Crippen LogP contribution in [0.4, 0.5) is 0 Å². The molecule has 0 radical (unpaired) electrons. The van der Waals surface area contributed by atoms with Crippen molar-refractivity contribution in [3.05, 3.63) is 98.5 Å². The fourth-order valence-electron chi connectivity index (χ4n) is 4.89. The highest BCUT2D eigenvalue weighted by Gasteiger charge is 2.46. The normalized spacial score (nSPS) is 24.9. The number of aryl methyl sites for hydroxylation is 1. The summed E-state index contributed by atoms with van der Waals surface area (Å²) in [6.07, 6.45) is 13.3. The Bertz CT molecular complexity index is 1100. The van der Waals surface area contributed by atoms with Crippen molar-refractivity contribution in [1.29, 1.82) is 0 Å². The summed E-state index contributed by atoms with van der Waals surface area (Å²) in [5, 5.41) is 0. The summed E-state index contributed by atoms with van der Waals surface area (Å²) in [4.78, 5) is 20.1. The third kappa shape index (κ3) is 3.57. The second-order valence-electron chi connectivity index (χ2n) is 8.06. The molecule has 0 spiro atoms. The van der Waals surface area contributed by atoms with Gasteiger partial charge in [0.2, 0.25) is 5.56 Å². The molecule has 0 fully saturated rings. The Hall–Kier alpha value is -2.94. The Morgan fingerprint density at radius 1 is 1.28 bits per heavy atom. The van der Waals surface area contributed by atoms with Crippen LogP contribution >= 0.6 is 0 Å². The summed E-state index contributed by atoms with van der Waals surface area (Å²) < 4.78 is 0. The number of rotatable bonds is 4. The number of hydrogen-bond acceptors (Lipinski definition) is 2. The van der Waals surface area contributed by atoms with Crippen LogP contribution in [-0.2, 0) is 18.4 Å². The summed E-state index contributed by atoms with van der Waals surface area (Å²) in [6.45, 7) is 6.46. The van der Waals surface area contributed by atoms with Gasteiger partial charge in [0.05, 0.1) is 0 Å². The topological polar surface area (TPSA) is 45.2 Å². The van der Waals surface area contributed by atoms with Gasteiger partial charge in [-0.3, -0.25) is 9.79 Å². The van der Waals surface area contributed by atoms with Crippen molar-refractivity contribution in [3.63, 3.8) is 0 Å². The molecule has 0 amide bonds. The first-order valence-corrected chi connectivity index (χ1v) is 10.4. The second kappa shape index (κ2) is 7.82. The summed E-state index contributed by atoms with van der Waals surface area (Å²) >= 11 is 0. The number of fused-ring (bicyclic) bond motifs is 4. The smallest absolute Gasteiger partial charge is 0.248 e. The minimum atomic E-state index is -0.425. The van der Waals surface area contributed by atoms with Crippen molar-refractivity contribution < 1.29 is 0 Å². The fraction of sp³-hybridized carbons (Fsp3) is 0.308. The van der Waals surface area contributed by atoms with Gasteiger partial charge in [0, 0.05) is 35.9 Å². The molecule has 1 aromatic carbocycles. The van der Waals surface area contributed by atoms with Gasteiger partial charge in [-0.05, 0) is 55.5 Å². The van der Waals surface area contributed by atoms with E-state index in [4.69, 9.17) is 4.99 Å². The molecule has 1 N–H and O–H groups in total. The zero-order valence-electron chi connectivity index (χ0n) is 17.4. The van der Waals surface area contributed by atoms with Crippen LogP contribution in [0.5, 0.6) is 0 Å². The van der Waals surface area contributed by atoms with Gasteiger partial charge >= 0.3 is 0 Å². The first-order chi connectivity index (χ1) is 14.1. The van der Waals surface area contributed by atoms with Gasteiger partial charge in [-0.2, -0.15) is 0 Å². The van der Waals surface area contributed by atoms with Gasteiger partial charge < -0.3 is 4.98 Å². The molecule has 2 aliphatic carbocycles. The maximum Gasteiger partial charge on any atom is 0.248 e. The lowest BCUT2D eigenvalue weighted by atomic mass is 9.63. The van der Waals surface area contributed by atoms with E-state index in [0.717, 1.165) is 30.5 Å². The third-order valence-corrected chi connectivity index (χ3v) is 6.11. The molecule has 29 heavy (non-hydrogen) atoms. The molecule has 2 aromatic rings. The predicted molar refractivity (Wildman–Crippen MR) is 121 cm³/mol. The van der Waals surface area contributed by atoms with Gasteiger partial charge in [-0.1, -0.05) is 55.0 Å². The molecule has 2 bridgehead atoms. The summed E-state index contributed by atoms with van der Waals surface area (Å²) in [5.41, 5.74) is 6.90. The van der Waals surface area contributed by atoms with Crippen LogP contribution in [0.25, 0.3) is 6.08 Å². The number of nitrogens with one attached hydrogen (secondary N) is 1. The van der Waals surface area contributed by atoms with Crippen LogP contribution < -0.4 is 5.56 Å². The molecule has 148 valence electrons. The fourth-order valence-corrected chi connectivity index (χ4v) is 4.89. The molecule has 2 aliphatic rings. The second-order valence-corrected chi connectivity index (χ2v) is 8.06. The van der Waals surface area contributed by atoms with E-state index in [0.29, 0.717) is 5.92 Å². The third-order valence-electron chi connectivity index (χ3n) is 6.11. The van der Waals surface area contributed by atoms with Crippen LogP contribution in [0.15, 0.2) is 75.6 Å². The number of aromatic amines is 1. The molecular weight excluding hydrogens is 356 g/mol. The van der Waals surface area contributed by atoms with Crippen LogP contribution in [0, 0.1) is 5.92 Å². The van der Waals surface area contributed by atoms with Crippen LogP contribution in [-0.4, -0.2) is 11.2 Å². The SMILES string of the molecule is C/C=C1\[C@H]2C=C(C)C[C@]1(N=C/C=C/c1cccc(CC)c1)c1ccc(=O)[nH]c1C2. The molecule has 3 heteroatoms. The van der Waals surface area contributed by atoms with Crippen LogP contribution in [0.2, 0.25) is 0 Å². The highest BCUT2D eigenvalue weighted by molar-refractivity contribution is 5.79. The van der Waals surface area contributed by atoms with E-state index >= 15 is 0 Å². The van der Waals surface area contributed by atoms with Crippen molar-refractivity contribution in [2.75, 3.05) is 0 Å². The van der Waals surface area contributed by atoms with Crippen molar-refractivity contribution in [1.82, 2.24) is 4.98 Å². The van der Waals surface area contributed by atoms with Crippen molar-refractivity contribution in [3.8, 4) is 0 Å². The van der Waals surface area contributed by atoms with E-state index in [2.05, 4.69) is 68.2 Å². The lowest BCUT2D eigenvalue weighted by molar-refractivity contribution is 0.413. The predicted octanol–water partition coefficient (Wildman–Crippen LogP) is 5.39. The monoisotopic (exact) mass is 384 g/mol. The van der Waals surface area contributed by atoms with E-state index in [-0.39, 0.29) is 5.56 Å². The van der Waals surface area contributed by atoms with Gasteiger partial charge in [0.25, 0.3) is 0 Å². The van der Waals surface area contributed by atoms with E-state index in [9.17, 15) is 4.79 Å². The van der Waals surface area contributed by atoms with Crippen molar-refractivity contribution in [2.24, 2.45) is 10.9 Å². The number of hydrogen-bond donors (Lipinski definition) is 1. The lowest BCUT2D eigenvalue weighted by Gasteiger charge is -2.45. The number of aliphatic imine (C=N–C) groups is 1. The minimum Gasteiger partial charge on any atom is -0.326 e. The molecule has 3 nitrogen and oxygen atoms in total. The van der Waals surface area contributed by atoms with Gasteiger partial charge in [0.1, 0.15) is 5.54 Å². The van der Waals surface area contributed by atoms with E-state index < -0.39 is 5.54 Å². The summed E-state index contributed by atoms with van der Waals surface area (Å²) in [5.74, 6) is 0.293. The molecule has 2 atom stereocenters. The van der Waals surface area contributed by atoms with Gasteiger partial charge in [0.15, 0.2) is 0 Å². The number of aromatic nitrogens is 1. The lowest BCUT2D eigenvalue weighted by Crippen LogP contribution is -2.40. The number of nitrogens with zero attached hydrogens (tertiary/aromatic N) is 1. The standard InChI is InChI=1S/C26H28N2O/c1-4-19-8-6-9-20(15-19)10-7-13-27-26-17-18(3)14-21(22(26)5-2)16-24-23(26)11-12-25(29)28-24/h5-15,21H,4,16-17H2,1-3H3,(H,28,29)/b10-7+,22-5+,27-13?/t21-,26+/m0/s1. The highest BCUT2D eigenvalue weighted by atomic mass is 16.1. The maximum absolute atomic E-state index is 11.9. The number of benzene rings is 1. The van der Waals surface area contributed by atoms with E-state index in [1.54, 1.807) is 6.07 Å². The summed E-state index contributed by atoms with van der Waals surface area (Å²) in [6, 6.07) is 12.2. The molecule has 0 saturated carbocycles. The molecular formula is C26H28N2O. The molecule has 4 rings (SSSR count). The average molecular weight is 385 g/mol. The van der Waals surface area contributed by atoms with Crippen LogP contribution in [0.3, 0.4) is 0 Å². The zero-order chi connectivity index (χ0) is 20.4. The van der Waals surface area contributed by atoms with Gasteiger partial charge in [-0.25, -0.2) is 0 Å². The molecule has 0 saturated heterocycles. The summed E-state index contributed by atoms with van der Waals surface area (Å²) in [7, 11) is 0. The maximum atomic E-state index is 11.9. The zero-order valence-corrected chi connectivity index (χ0v) is 17.4. The Morgan fingerprint density at radius 2 is 2.14 bits per heavy atom. The van der Waals surface area contributed by atoms with Crippen molar-refractivity contribution >= 4 is 12.3 Å². The number of allylic oxidation sites excluding steroid dienone is 3. The van der Waals surface area contributed by atoms with E-state index in [1.165, 1.54) is 22.3 Å². The Balaban J connectivity index is 1.74. The first kappa shape index (κ1) is 19.4. The highest BCUT2D eigenvalue weighted by Crippen LogP contribution is 2.51. The Kier molecular flexibility index (Phi) is 5.23. The Morgan fingerprint density at radius 3 is 2.93 bits per heavy atom. The molecule has 1 aromatic heterocycles. The van der Waals surface area contributed by atoms with Gasteiger partial charge in [-0.15, -0.1) is 0 Å². The van der Waals surface area contributed by atoms with Crippen molar-refractivity contribution in [2.45, 2.75) is 45.6 Å².